The van der Waals surface area contributed by atoms with Gasteiger partial charge in [-0.15, -0.1) is 0 Å². The first kappa shape index (κ1) is 30.8. The maximum atomic E-state index is 15.7. The minimum atomic E-state index is -0.702. The van der Waals surface area contributed by atoms with E-state index in [-0.39, 0.29) is 59.0 Å². The second kappa shape index (κ2) is 13.0. The Bertz CT molecular complexity index is 1990. The fourth-order valence-electron chi connectivity index (χ4n) is 5.64. The summed E-state index contributed by atoms with van der Waals surface area (Å²) in [6.07, 6.45) is -0.249. The highest BCUT2D eigenvalue weighted by Crippen LogP contribution is 2.31. The third-order valence-electron chi connectivity index (χ3n) is 7.99. The van der Waals surface area contributed by atoms with Crippen LogP contribution in [0.4, 0.5) is 13.2 Å². The quantitative estimate of drug-likeness (QED) is 0.213. The Labute approximate surface area is 262 Å². The largest absolute Gasteiger partial charge is 0.473 e. The molecule has 1 fully saturated rings. The van der Waals surface area contributed by atoms with Crippen molar-refractivity contribution in [1.82, 2.24) is 19.9 Å². The molecule has 234 valence electrons. The van der Waals surface area contributed by atoms with E-state index in [1.165, 1.54) is 31.4 Å². The summed E-state index contributed by atoms with van der Waals surface area (Å²) in [4.78, 5) is 21.3. The second-order valence-electron chi connectivity index (χ2n) is 10.8. The van der Waals surface area contributed by atoms with Crippen LogP contribution in [0.25, 0.3) is 22.3 Å². The van der Waals surface area contributed by atoms with Gasteiger partial charge in [-0.25, -0.2) is 27.9 Å². The van der Waals surface area contributed by atoms with Crippen molar-refractivity contribution >= 4 is 17.0 Å². The fraction of sp³-hybridized carbons (Fsp3) is 0.235. The SMILES string of the molecule is COC(=O)c1ccc2nc(Cc3cc(F)c(-c4cccc(OCc5ccc(C#N)cc5F)n4)cc3F)n(C3CNC[C@@H]3OC)c2c1. The molecule has 1 aliphatic heterocycles. The minimum Gasteiger partial charge on any atom is -0.473 e. The summed E-state index contributed by atoms with van der Waals surface area (Å²) < 4.78 is 63.7. The molecule has 0 radical (unpaired) electrons. The van der Waals surface area contributed by atoms with E-state index in [9.17, 15) is 9.18 Å². The first-order valence-corrected chi connectivity index (χ1v) is 14.4. The number of carbonyl (C=O) groups excluding carboxylic acids is 1. The van der Waals surface area contributed by atoms with Crippen LogP contribution < -0.4 is 10.1 Å². The van der Waals surface area contributed by atoms with E-state index in [1.54, 1.807) is 31.4 Å². The molecule has 0 spiro atoms. The highest BCUT2D eigenvalue weighted by Gasteiger charge is 2.32. The molecule has 0 amide bonds. The van der Waals surface area contributed by atoms with E-state index in [0.29, 0.717) is 35.5 Å². The Morgan fingerprint density at radius 1 is 0.978 bits per heavy atom. The first-order valence-electron chi connectivity index (χ1n) is 14.4. The maximum Gasteiger partial charge on any atom is 0.337 e. The number of halogens is 3. The summed E-state index contributed by atoms with van der Waals surface area (Å²) in [7, 11) is 2.91. The molecule has 5 aromatic rings. The number of nitriles is 1. The van der Waals surface area contributed by atoms with Crippen molar-refractivity contribution in [3.05, 3.63) is 112 Å². The van der Waals surface area contributed by atoms with Crippen molar-refractivity contribution in [2.75, 3.05) is 27.3 Å². The molecule has 12 heteroatoms. The number of hydrogen-bond acceptors (Lipinski definition) is 8. The molecule has 3 heterocycles. The van der Waals surface area contributed by atoms with Gasteiger partial charge in [-0.3, -0.25) is 0 Å². The van der Waals surface area contributed by atoms with Gasteiger partial charge < -0.3 is 24.1 Å². The highest BCUT2D eigenvalue weighted by molar-refractivity contribution is 5.93. The van der Waals surface area contributed by atoms with Crippen LogP contribution in [0.5, 0.6) is 5.88 Å². The first-order chi connectivity index (χ1) is 22.3. The number of hydrogen-bond donors (Lipinski definition) is 1. The van der Waals surface area contributed by atoms with Crippen molar-refractivity contribution in [3.63, 3.8) is 0 Å². The number of rotatable bonds is 9. The molecule has 1 saturated heterocycles. The molecule has 6 rings (SSSR count). The van der Waals surface area contributed by atoms with Gasteiger partial charge in [0.25, 0.3) is 0 Å². The third kappa shape index (κ3) is 6.02. The third-order valence-corrected chi connectivity index (χ3v) is 7.99. The van der Waals surface area contributed by atoms with Crippen LogP contribution in [0, 0.1) is 28.8 Å². The van der Waals surface area contributed by atoms with Crippen molar-refractivity contribution in [3.8, 4) is 23.2 Å². The smallest absolute Gasteiger partial charge is 0.337 e. The van der Waals surface area contributed by atoms with Crippen LogP contribution in [0.1, 0.15) is 38.9 Å². The van der Waals surface area contributed by atoms with Crippen molar-refractivity contribution in [1.29, 1.82) is 5.26 Å². The molecule has 0 bridgehead atoms. The number of pyridine rings is 1. The Morgan fingerprint density at radius 3 is 2.57 bits per heavy atom. The van der Waals surface area contributed by atoms with Gasteiger partial charge >= 0.3 is 5.97 Å². The van der Waals surface area contributed by atoms with Gasteiger partial charge in [0, 0.05) is 43.8 Å². The number of imidazole rings is 1. The van der Waals surface area contributed by atoms with E-state index in [2.05, 4.69) is 10.3 Å². The number of carbonyl (C=O) groups is 1. The number of esters is 1. The molecule has 9 nitrogen and oxygen atoms in total. The number of fused-ring (bicyclic) bond motifs is 1. The molecule has 46 heavy (non-hydrogen) atoms. The highest BCUT2D eigenvalue weighted by atomic mass is 19.1. The summed E-state index contributed by atoms with van der Waals surface area (Å²) >= 11 is 0. The average Bonchev–Trinajstić information content (AvgIpc) is 3.68. The van der Waals surface area contributed by atoms with Crippen LogP contribution in [0.2, 0.25) is 0 Å². The number of methoxy groups -OCH3 is 2. The predicted octanol–water partition coefficient (Wildman–Crippen LogP) is 5.50. The van der Waals surface area contributed by atoms with E-state index < -0.39 is 23.4 Å². The van der Waals surface area contributed by atoms with Crippen LogP contribution in [-0.2, 0) is 22.5 Å². The van der Waals surface area contributed by atoms with Gasteiger partial charge in [0.05, 0.1) is 53.2 Å². The van der Waals surface area contributed by atoms with Crippen LogP contribution in [0.3, 0.4) is 0 Å². The lowest BCUT2D eigenvalue weighted by atomic mass is 10.0. The Balaban J connectivity index is 1.30. The maximum absolute atomic E-state index is 15.7. The molecule has 2 aromatic heterocycles. The zero-order chi connectivity index (χ0) is 32.4. The number of ether oxygens (including phenoxy) is 3. The average molecular weight is 628 g/mol. The molecule has 3 aromatic carbocycles. The zero-order valence-corrected chi connectivity index (χ0v) is 24.9. The molecular formula is C34H28F3N5O4. The molecule has 1 N–H and O–H groups in total. The summed E-state index contributed by atoms with van der Waals surface area (Å²) in [6, 6.07) is 17.5. The molecule has 1 aliphatic rings. The number of benzene rings is 3. The summed E-state index contributed by atoms with van der Waals surface area (Å²) in [5.41, 5.74) is 2.10. The lowest BCUT2D eigenvalue weighted by molar-refractivity contribution is 0.0601. The molecule has 0 saturated carbocycles. The van der Waals surface area contributed by atoms with Gasteiger partial charge in [-0.05, 0) is 54.1 Å². The predicted molar refractivity (Wildman–Crippen MR) is 162 cm³/mol. The van der Waals surface area contributed by atoms with Crippen molar-refractivity contribution in [2.45, 2.75) is 25.2 Å². The molecule has 2 atom stereocenters. The van der Waals surface area contributed by atoms with E-state index in [0.717, 1.165) is 18.2 Å². The molecule has 1 unspecified atom stereocenters. The number of nitrogens with zero attached hydrogens (tertiary/aromatic N) is 4. The van der Waals surface area contributed by atoms with E-state index >= 15 is 8.78 Å². The Hall–Kier alpha value is -5.25. The number of nitrogens with one attached hydrogen (secondary N) is 1. The summed E-state index contributed by atoms with van der Waals surface area (Å²) in [6.45, 7) is 0.969. The van der Waals surface area contributed by atoms with Crippen LogP contribution >= 0.6 is 0 Å². The fourth-order valence-corrected chi connectivity index (χ4v) is 5.64. The lowest BCUT2D eigenvalue weighted by Gasteiger charge is -2.22. The minimum absolute atomic E-state index is 0.0368. The lowest BCUT2D eigenvalue weighted by Crippen LogP contribution is -2.26. The van der Waals surface area contributed by atoms with Gasteiger partial charge in [0.2, 0.25) is 5.88 Å². The molecular weight excluding hydrogens is 599 g/mol. The van der Waals surface area contributed by atoms with Crippen molar-refractivity contribution in [2.24, 2.45) is 0 Å². The Kier molecular flexibility index (Phi) is 8.70. The molecule has 0 aliphatic carbocycles. The zero-order valence-electron chi connectivity index (χ0n) is 24.9. The second-order valence-corrected chi connectivity index (χ2v) is 10.8. The van der Waals surface area contributed by atoms with Gasteiger partial charge in [-0.2, -0.15) is 5.26 Å². The van der Waals surface area contributed by atoms with Crippen molar-refractivity contribution < 1.29 is 32.2 Å². The summed E-state index contributed by atoms with van der Waals surface area (Å²) in [5.74, 6) is -1.90. The van der Waals surface area contributed by atoms with E-state index in [4.69, 9.17) is 24.5 Å². The number of aromatic nitrogens is 3. The van der Waals surface area contributed by atoms with Gasteiger partial charge in [-0.1, -0.05) is 12.1 Å². The van der Waals surface area contributed by atoms with E-state index in [1.807, 2.05) is 10.6 Å². The van der Waals surface area contributed by atoms with Crippen LogP contribution in [0.15, 0.2) is 66.7 Å². The summed E-state index contributed by atoms with van der Waals surface area (Å²) in [5, 5.41) is 12.2. The standard InChI is InChI=1S/C34H28F3N5O4/c1-44-31-17-39-16-30(31)42-29-12-20(34(43)45-2)8-9-28(29)40-32(42)13-22-11-26(37)23(14-25(22)36)27-4-3-5-33(41-27)46-18-21-7-6-19(15-38)10-24(21)35/h3-12,14,30-31,39H,13,16-18H2,1-2H3/t30?,31-/m0/s1. The van der Waals surface area contributed by atoms with Crippen LogP contribution in [-0.4, -0.2) is 53.9 Å². The van der Waals surface area contributed by atoms with Gasteiger partial charge in [0.15, 0.2) is 0 Å². The normalized spacial score (nSPS) is 16.0. The monoisotopic (exact) mass is 627 g/mol. The Morgan fingerprint density at radius 2 is 1.80 bits per heavy atom. The van der Waals surface area contributed by atoms with Gasteiger partial charge in [0.1, 0.15) is 29.9 Å². The topological polar surface area (TPSA) is 111 Å².